The molecule has 0 spiro atoms. The highest BCUT2D eigenvalue weighted by atomic mass is 79.9. The average molecular weight is 348 g/mol. The van der Waals surface area contributed by atoms with Gasteiger partial charge in [-0.3, -0.25) is 0 Å². The van der Waals surface area contributed by atoms with Crippen LogP contribution in [-0.4, -0.2) is 37.0 Å². The van der Waals surface area contributed by atoms with E-state index in [1.54, 1.807) is 31.2 Å². The first-order chi connectivity index (χ1) is 8.93. The molecule has 1 aliphatic rings. The number of hydrogen-bond donors (Lipinski definition) is 1. The Labute approximate surface area is 122 Å². The largest absolute Gasteiger partial charge is 0.393 e. The molecular formula is C13H18BrNO3S. The quantitative estimate of drug-likeness (QED) is 0.911. The molecule has 0 saturated carbocycles. The van der Waals surface area contributed by atoms with Crippen LogP contribution in [0.1, 0.15) is 19.8 Å². The molecule has 1 aromatic carbocycles. The third-order valence-electron chi connectivity index (χ3n) is 3.64. The smallest absolute Gasteiger partial charge is 0.244 e. The van der Waals surface area contributed by atoms with Crippen LogP contribution in [0.25, 0.3) is 0 Å². The van der Waals surface area contributed by atoms with Crippen LogP contribution in [0.15, 0.2) is 33.6 Å². The molecule has 1 fully saturated rings. The van der Waals surface area contributed by atoms with E-state index in [2.05, 4.69) is 15.9 Å². The van der Waals surface area contributed by atoms with Crippen LogP contribution < -0.4 is 0 Å². The minimum atomic E-state index is -3.44. The molecule has 1 saturated heterocycles. The molecule has 0 bridgehead atoms. The summed E-state index contributed by atoms with van der Waals surface area (Å²) in [6, 6.07) is 6.86. The normalized spacial score (nSPS) is 20.4. The molecule has 2 rings (SSSR count). The first kappa shape index (κ1) is 15.0. The van der Waals surface area contributed by atoms with Gasteiger partial charge in [-0.15, -0.1) is 0 Å². The van der Waals surface area contributed by atoms with E-state index in [4.69, 9.17) is 0 Å². The number of aliphatic hydroxyl groups excluding tert-OH is 1. The molecule has 0 aromatic heterocycles. The van der Waals surface area contributed by atoms with E-state index in [1.807, 2.05) is 0 Å². The highest BCUT2D eigenvalue weighted by molar-refractivity contribution is 9.10. The molecular weight excluding hydrogens is 330 g/mol. The molecule has 1 atom stereocenters. The van der Waals surface area contributed by atoms with E-state index in [1.165, 1.54) is 4.31 Å². The van der Waals surface area contributed by atoms with E-state index in [0.29, 0.717) is 35.3 Å². The Morgan fingerprint density at radius 2 is 1.89 bits per heavy atom. The molecule has 1 heterocycles. The van der Waals surface area contributed by atoms with Crippen molar-refractivity contribution < 1.29 is 13.5 Å². The maximum Gasteiger partial charge on any atom is 0.244 e. The second-order valence-corrected chi connectivity index (χ2v) is 7.67. The van der Waals surface area contributed by atoms with E-state index < -0.39 is 10.0 Å². The van der Waals surface area contributed by atoms with Crippen LogP contribution in [-0.2, 0) is 10.0 Å². The summed E-state index contributed by atoms with van der Waals surface area (Å²) >= 11 is 3.29. The predicted molar refractivity (Wildman–Crippen MR) is 77.3 cm³/mol. The van der Waals surface area contributed by atoms with Crippen molar-refractivity contribution in [2.45, 2.75) is 30.8 Å². The van der Waals surface area contributed by atoms with Gasteiger partial charge in [-0.25, -0.2) is 8.42 Å². The van der Waals surface area contributed by atoms with Crippen LogP contribution >= 0.6 is 15.9 Å². The number of benzene rings is 1. The fraction of sp³-hybridized carbons (Fsp3) is 0.538. The fourth-order valence-corrected chi connectivity index (χ4v) is 4.82. The number of aliphatic hydroxyl groups is 1. The van der Waals surface area contributed by atoms with Crippen LogP contribution in [0.4, 0.5) is 0 Å². The Balaban J connectivity index is 2.17. The number of halogens is 1. The zero-order valence-electron chi connectivity index (χ0n) is 10.8. The van der Waals surface area contributed by atoms with Gasteiger partial charge >= 0.3 is 0 Å². The van der Waals surface area contributed by atoms with E-state index in [9.17, 15) is 13.5 Å². The SMILES string of the molecule is CC(O)C1CCN(S(=O)(=O)c2ccccc2Br)CC1. The molecule has 6 heteroatoms. The van der Waals surface area contributed by atoms with E-state index in [0.717, 1.165) is 0 Å². The monoisotopic (exact) mass is 347 g/mol. The van der Waals surface area contributed by atoms with Gasteiger partial charge in [-0.05, 0) is 53.7 Å². The lowest BCUT2D eigenvalue weighted by molar-refractivity contribution is 0.0912. The van der Waals surface area contributed by atoms with Crippen LogP contribution in [0, 0.1) is 5.92 Å². The molecule has 1 aromatic rings. The van der Waals surface area contributed by atoms with Gasteiger partial charge in [0.25, 0.3) is 0 Å². The maximum absolute atomic E-state index is 12.5. The minimum Gasteiger partial charge on any atom is -0.393 e. The Hall–Kier alpha value is -0.430. The number of hydrogen-bond acceptors (Lipinski definition) is 3. The highest BCUT2D eigenvalue weighted by Crippen LogP contribution is 2.29. The number of rotatable bonds is 3. The predicted octanol–water partition coefficient (Wildman–Crippen LogP) is 2.23. The maximum atomic E-state index is 12.5. The topological polar surface area (TPSA) is 57.6 Å². The van der Waals surface area contributed by atoms with Crippen molar-refractivity contribution in [2.75, 3.05) is 13.1 Å². The highest BCUT2D eigenvalue weighted by Gasteiger charge is 2.31. The van der Waals surface area contributed by atoms with Gasteiger partial charge in [0.05, 0.1) is 11.0 Å². The van der Waals surface area contributed by atoms with Crippen LogP contribution in [0.5, 0.6) is 0 Å². The third kappa shape index (κ3) is 3.18. The lowest BCUT2D eigenvalue weighted by Crippen LogP contribution is -2.40. The van der Waals surface area contributed by atoms with Gasteiger partial charge in [0, 0.05) is 17.6 Å². The van der Waals surface area contributed by atoms with Crippen molar-refractivity contribution in [1.82, 2.24) is 4.31 Å². The summed E-state index contributed by atoms with van der Waals surface area (Å²) < 4.78 is 27.1. The summed E-state index contributed by atoms with van der Waals surface area (Å²) in [5.74, 6) is 0.200. The number of nitrogens with zero attached hydrogens (tertiary/aromatic N) is 1. The molecule has 0 amide bonds. The van der Waals surface area contributed by atoms with Crippen molar-refractivity contribution in [3.63, 3.8) is 0 Å². The summed E-state index contributed by atoms with van der Waals surface area (Å²) in [5.41, 5.74) is 0. The van der Waals surface area contributed by atoms with Crippen LogP contribution in [0.2, 0.25) is 0 Å². The first-order valence-electron chi connectivity index (χ1n) is 6.35. The summed E-state index contributed by atoms with van der Waals surface area (Å²) in [5, 5.41) is 9.55. The molecule has 1 N–H and O–H groups in total. The number of piperidine rings is 1. The molecule has 4 nitrogen and oxygen atoms in total. The van der Waals surface area contributed by atoms with Gasteiger partial charge < -0.3 is 5.11 Å². The van der Waals surface area contributed by atoms with Crippen molar-refractivity contribution in [3.05, 3.63) is 28.7 Å². The summed E-state index contributed by atoms with van der Waals surface area (Å²) in [6.07, 6.45) is 1.05. The van der Waals surface area contributed by atoms with E-state index >= 15 is 0 Å². The standard InChI is InChI=1S/C13H18BrNO3S/c1-10(16)11-6-8-15(9-7-11)19(17,18)13-5-3-2-4-12(13)14/h2-5,10-11,16H,6-9H2,1H3. The van der Waals surface area contributed by atoms with Gasteiger partial charge in [-0.2, -0.15) is 4.31 Å². The molecule has 19 heavy (non-hydrogen) atoms. The molecule has 1 aliphatic heterocycles. The zero-order valence-corrected chi connectivity index (χ0v) is 13.2. The zero-order chi connectivity index (χ0) is 14.0. The molecule has 106 valence electrons. The molecule has 0 aliphatic carbocycles. The second-order valence-electron chi connectivity index (χ2n) is 4.91. The van der Waals surface area contributed by atoms with E-state index in [-0.39, 0.29) is 12.0 Å². The molecule has 1 unspecified atom stereocenters. The Morgan fingerprint density at radius 3 is 2.42 bits per heavy atom. The molecule has 0 radical (unpaired) electrons. The van der Waals surface area contributed by atoms with Gasteiger partial charge in [-0.1, -0.05) is 12.1 Å². The number of sulfonamides is 1. The lowest BCUT2D eigenvalue weighted by atomic mass is 9.93. The van der Waals surface area contributed by atoms with Gasteiger partial charge in [0.15, 0.2) is 0 Å². The summed E-state index contributed by atoms with van der Waals surface area (Å²) in [7, 11) is -3.44. The lowest BCUT2D eigenvalue weighted by Gasteiger charge is -2.32. The third-order valence-corrected chi connectivity index (χ3v) is 6.55. The first-order valence-corrected chi connectivity index (χ1v) is 8.59. The van der Waals surface area contributed by atoms with Crippen molar-refractivity contribution in [3.8, 4) is 0 Å². The van der Waals surface area contributed by atoms with Crippen LogP contribution in [0.3, 0.4) is 0 Å². The van der Waals surface area contributed by atoms with Crippen molar-refractivity contribution >= 4 is 26.0 Å². The van der Waals surface area contributed by atoms with Crippen molar-refractivity contribution in [2.24, 2.45) is 5.92 Å². The Kier molecular flexibility index (Phi) is 4.66. The second kappa shape index (κ2) is 5.91. The summed E-state index contributed by atoms with van der Waals surface area (Å²) in [4.78, 5) is 0.311. The Morgan fingerprint density at radius 1 is 1.32 bits per heavy atom. The fourth-order valence-electron chi connectivity index (χ4n) is 2.39. The Bertz CT molecular complexity index is 537. The van der Waals surface area contributed by atoms with Gasteiger partial charge in [0.1, 0.15) is 0 Å². The minimum absolute atomic E-state index is 0.200. The average Bonchev–Trinajstić information content (AvgIpc) is 2.39. The van der Waals surface area contributed by atoms with Crippen molar-refractivity contribution in [1.29, 1.82) is 0 Å². The van der Waals surface area contributed by atoms with Gasteiger partial charge in [0.2, 0.25) is 10.0 Å². The summed E-state index contributed by atoms with van der Waals surface area (Å²) in [6.45, 7) is 2.71.